The maximum Gasteiger partial charge on any atom is 0.125 e. The third kappa shape index (κ3) is 2.92. The zero-order valence-corrected chi connectivity index (χ0v) is 14.6. The topological polar surface area (TPSA) is 30.7 Å². The predicted octanol–water partition coefficient (Wildman–Crippen LogP) is 4.39. The lowest BCUT2D eigenvalue weighted by molar-refractivity contribution is 0.747. The summed E-state index contributed by atoms with van der Waals surface area (Å²) >= 11 is 8.38. The number of hydrogen-bond donors (Lipinski definition) is 0. The quantitative estimate of drug-likeness (QED) is 0.471. The molecule has 0 amide bonds. The molecule has 0 unspecified atom stereocenters. The standard InChI is InChI=1S/C16H15ClIN3/c1-2-11-4-3-7-19-14(11)10-21-15-6-5-12(18)8-13(15)20-16(21)9-17/h3-8H,2,9-10H2,1H3. The van der Waals surface area contributed by atoms with E-state index in [1.807, 2.05) is 12.3 Å². The van der Waals surface area contributed by atoms with Crippen molar-refractivity contribution < 1.29 is 0 Å². The van der Waals surface area contributed by atoms with Crippen molar-refractivity contribution in [2.45, 2.75) is 25.8 Å². The second-order valence-corrected chi connectivity index (χ2v) is 6.36. The Kier molecular flexibility index (Phi) is 4.45. The summed E-state index contributed by atoms with van der Waals surface area (Å²) in [5, 5.41) is 0. The summed E-state index contributed by atoms with van der Waals surface area (Å²) in [4.78, 5) is 9.17. The van der Waals surface area contributed by atoms with Crippen LogP contribution in [0.25, 0.3) is 11.0 Å². The highest BCUT2D eigenvalue weighted by molar-refractivity contribution is 14.1. The van der Waals surface area contributed by atoms with Gasteiger partial charge in [-0.2, -0.15) is 0 Å². The summed E-state index contributed by atoms with van der Waals surface area (Å²) in [5.41, 5.74) is 4.46. The largest absolute Gasteiger partial charge is 0.321 e. The second-order valence-electron chi connectivity index (χ2n) is 4.84. The first-order valence-corrected chi connectivity index (χ1v) is 8.47. The number of pyridine rings is 1. The van der Waals surface area contributed by atoms with Crippen LogP contribution in [0.3, 0.4) is 0 Å². The number of imidazole rings is 1. The van der Waals surface area contributed by atoms with Gasteiger partial charge in [0.1, 0.15) is 5.82 Å². The number of aryl methyl sites for hydroxylation is 1. The molecule has 0 aliphatic carbocycles. The summed E-state index contributed by atoms with van der Waals surface area (Å²) in [6, 6.07) is 10.4. The molecule has 0 radical (unpaired) electrons. The highest BCUT2D eigenvalue weighted by atomic mass is 127. The van der Waals surface area contributed by atoms with E-state index in [1.165, 1.54) is 9.13 Å². The molecule has 3 rings (SSSR count). The molecule has 2 aromatic heterocycles. The smallest absolute Gasteiger partial charge is 0.125 e. The molecular weight excluding hydrogens is 397 g/mol. The van der Waals surface area contributed by atoms with Gasteiger partial charge in [-0.15, -0.1) is 11.6 Å². The number of halogens is 2. The van der Waals surface area contributed by atoms with Gasteiger partial charge in [-0.1, -0.05) is 13.0 Å². The van der Waals surface area contributed by atoms with Gasteiger partial charge in [0.2, 0.25) is 0 Å². The fourth-order valence-electron chi connectivity index (χ4n) is 2.52. The van der Waals surface area contributed by atoms with Crippen molar-refractivity contribution in [1.82, 2.24) is 14.5 Å². The van der Waals surface area contributed by atoms with E-state index in [4.69, 9.17) is 11.6 Å². The van der Waals surface area contributed by atoms with Crippen molar-refractivity contribution in [1.29, 1.82) is 0 Å². The normalized spacial score (nSPS) is 11.2. The summed E-state index contributed by atoms with van der Waals surface area (Å²) in [6.07, 6.45) is 2.82. The van der Waals surface area contributed by atoms with Gasteiger partial charge in [-0.05, 0) is 58.8 Å². The molecule has 2 heterocycles. The minimum absolute atomic E-state index is 0.402. The molecule has 0 atom stereocenters. The molecule has 0 aliphatic heterocycles. The number of hydrogen-bond acceptors (Lipinski definition) is 2. The third-order valence-corrected chi connectivity index (χ3v) is 4.49. The molecule has 5 heteroatoms. The van der Waals surface area contributed by atoms with Gasteiger partial charge in [-0.3, -0.25) is 4.98 Å². The summed E-state index contributed by atoms with van der Waals surface area (Å²) in [6.45, 7) is 2.86. The molecule has 21 heavy (non-hydrogen) atoms. The van der Waals surface area contributed by atoms with Gasteiger partial charge in [-0.25, -0.2) is 4.98 Å². The van der Waals surface area contributed by atoms with Gasteiger partial charge in [0.15, 0.2) is 0 Å². The Hall–Kier alpha value is -1.14. The fourth-order valence-corrected chi connectivity index (χ4v) is 3.20. The maximum absolute atomic E-state index is 6.08. The molecule has 0 saturated heterocycles. The Morgan fingerprint density at radius 2 is 2.14 bits per heavy atom. The van der Waals surface area contributed by atoms with E-state index >= 15 is 0 Å². The maximum atomic E-state index is 6.08. The van der Waals surface area contributed by atoms with Crippen molar-refractivity contribution >= 4 is 45.2 Å². The van der Waals surface area contributed by atoms with Crippen LogP contribution in [0.1, 0.15) is 24.0 Å². The van der Waals surface area contributed by atoms with E-state index in [2.05, 4.69) is 68.3 Å². The van der Waals surface area contributed by atoms with Crippen LogP contribution in [-0.4, -0.2) is 14.5 Å². The number of rotatable bonds is 4. The number of nitrogens with zero attached hydrogens (tertiary/aromatic N) is 3. The molecule has 0 bridgehead atoms. The molecule has 3 nitrogen and oxygen atoms in total. The summed E-state index contributed by atoms with van der Waals surface area (Å²) in [7, 11) is 0. The van der Waals surface area contributed by atoms with Crippen molar-refractivity contribution in [3.63, 3.8) is 0 Å². The zero-order valence-electron chi connectivity index (χ0n) is 11.7. The van der Waals surface area contributed by atoms with E-state index in [0.717, 1.165) is 29.0 Å². The van der Waals surface area contributed by atoms with Crippen LogP contribution in [-0.2, 0) is 18.8 Å². The van der Waals surface area contributed by atoms with Crippen LogP contribution < -0.4 is 0 Å². The highest BCUT2D eigenvalue weighted by Gasteiger charge is 2.12. The van der Waals surface area contributed by atoms with Crippen molar-refractivity contribution in [2.75, 3.05) is 0 Å². The molecule has 0 N–H and O–H groups in total. The Labute approximate surface area is 142 Å². The van der Waals surface area contributed by atoms with Gasteiger partial charge >= 0.3 is 0 Å². The first-order chi connectivity index (χ1) is 10.2. The second kappa shape index (κ2) is 6.32. The van der Waals surface area contributed by atoms with Gasteiger partial charge in [0, 0.05) is 9.77 Å². The van der Waals surface area contributed by atoms with E-state index in [0.29, 0.717) is 12.4 Å². The van der Waals surface area contributed by atoms with Crippen LogP contribution in [0.5, 0.6) is 0 Å². The minimum Gasteiger partial charge on any atom is -0.321 e. The van der Waals surface area contributed by atoms with E-state index in [1.54, 1.807) is 0 Å². The van der Waals surface area contributed by atoms with E-state index in [-0.39, 0.29) is 0 Å². The first-order valence-electron chi connectivity index (χ1n) is 6.86. The predicted molar refractivity (Wildman–Crippen MR) is 94.7 cm³/mol. The van der Waals surface area contributed by atoms with Crippen molar-refractivity contribution in [3.8, 4) is 0 Å². The molecule has 1 aromatic carbocycles. The first kappa shape index (κ1) is 14.8. The lowest BCUT2D eigenvalue weighted by Gasteiger charge is -2.10. The Morgan fingerprint density at radius 3 is 2.90 bits per heavy atom. The van der Waals surface area contributed by atoms with Crippen LogP contribution in [0.4, 0.5) is 0 Å². The van der Waals surface area contributed by atoms with Gasteiger partial charge in [0.05, 0.1) is 29.2 Å². The number of alkyl halides is 1. The van der Waals surface area contributed by atoms with E-state index in [9.17, 15) is 0 Å². The molecule has 0 saturated carbocycles. The molecule has 108 valence electrons. The average Bonchev–Trinajstić information content (AvgIpc) is 2.84. The highest BCUT2D eigenvalue weighted by Crippen LogP contribution is 2.22. The lowest BCUT2D eigenvalue weighted by atomic mass is 10.1. The monoisotopic (exact) mass is 411 g/mol. The van der Waals surface area contributed by atoms with E-state index < -0.39 is 0 Å². The van der Waals surface area contributed by atoms with Crippen molar-refractivity contribution in [2.24, 2.45) is 0 Å². The SMILES string of the molecule is CCc1cccnc1Cn1c(CCl)nc2cc(I)ccc21. The van der Waals surface area contributed by atoms with Gasteiger partial charge in [0.25, 0.3) is 0 Å². The summed E-state index contributed by atoms with van der Waals surface area (Å²) in [5.74, 6) is 1.29. The minimum atomic E-state index is 0.402. The van der Waals surface area contributed by atoms with Crippen LogP contribution in [0.2, 0.25) is 0 Å². The Morgan fingerprint density at radius 1 is 1.29 bits per heavy atom. The molecule has 0 fully saturated rings. The Balaban J connectivity index is 2.11. The fraction of sp³-hybridized carbons (Fsp3) is 0.250. The Bertz CT molecular complexity index is 782. The number of fused-ring (bicyclic) bond motifs is 1. The average molecular weight is 412 g/mol. The van der Waals surface area contributed by atoms with Gasteiger partial charge < -0.3 is 4.57 Å². The molecular formula is C16H15ClIN3. The van der Waals surface area contributed by atoms with Crippen LogP contribution >= 0.6 is 34.2 Å². The third-order valence-electron chi connectivity index (χ3n) is 3.58. The van der Waals surface area contributed by atoms with Crippen molar-refractivity contribution in [3.05, 3.63) is 57.2 Å². The summed E-state index contributed by atoms with van der Waals surface area (Å²) < 4.78 is 3.35. The number of aromatic nitrogens is 3. The lowest BCUT2D eigenvalue weighted by Crippen LogP contribution is -2.07. The molecule has 3 aromatic rings. The van der Waals surface area contributed by atoms with Crippen LogP contribution in [0.15, 0.2) is 36.5 Å². The number of benzene rings is 1. The van der Waals surface area contributed by atoms with Crippen LogP contribution in [0, 0.1) is 3.57 Å². The zero-order chi connectivity index (χ0) is 14.8. The molecule has 0 aliphatic rings. The molecule has 0 spiro atoms.